The van der Waals surface area contributed by atoms with Gasteiger partial charge in [-0.3, -0.25) is 0 Å². The van der Waals surface area contributed by atoms with Crippen molar-refractivity contribution in [3.8, 4) is 0 Å². The maximum atomic E-state index is 14.0. The molecule has 0 aromatic heterocycles. The van der Waals surface area contributed by atoms with Gasteiger partial charge in [0.05, 0.1) is 25.4 Å². The third kappa shape index (κ3) is 6.43. The first kappa shape index (κ1) is 32.2. The smallest absolute Gasteiger partial charge is 0.799 e. The van der Waals surface area contributed by atoms with Crippen LogP contribution >= 0.6 is 7.37 Å². The minimum Gasteiger partial charge on any atom is -0.799 e. The fourth-order valence-corrected chi connectivity index (χ4v) is 9.07. The number of rotatable bonds is 6. The Labute approximate surface area is 258 Å². The maximum Gasteiger partial charge on any atom is 1.00 e. The van der Waals surface area contributed by atoms with Crippen molar-refractivity contribution in [2.45, 2.75) is 128 Å². The van der Waals surface area contributed by atoms with E-state index in [-0.39, 0.29) is 55.1 Å². The molecule has 0 aliphatic carbocycles. The molecule has 0 amide bonds. The Balaban J connectivity index is 0.00000323. The van der Waals surface area contributed by atoms with Crippen LogP contribution in [-0.4, -0.2) is 97.9 Å². The van der Waals surface area contributed by atoms with Crippen LogP contribution in [0.25, 0.3) is 0 Å². The summed E-state index contributed by atoms with van der Waals surface area (Å²) in [4.78, 5) is 14.0. The molecular formula is C26H42NaO12P. The van der Waals surface area contributed by atoms with Crippen molar-refractivity contribution in [3.05, 3.63) is 0 Å². The van der Waals surface area contributed by atoms with Crippen molar-refractivity contribution in [2.24, 2.45) is 11.8 Å². The molecular weight excluding hydrogens is 558 g/mol. The second kappa shape index (κ2) is 10.7. The molecule has 10 atom stereocenters. The molecule has 0 spiro atoms. The molecule has 224 valence electrons. The molecule has 6 saturated heterocycles. The zero-order valence-corrected chi connectivity index (χ0v) is 27.8. The van der Waals surface area contributed by atoms with E-state index in [1.54, 1.807) is 27.7 Å². The number of ether oxygens (including phenoxy) is 10. The van der Waals surface area contributed by atoms with E-state index in [2.05, 4.69) is 0 Å². The zero-order valence-electron chi connectivity index (χ0n) is 24.9. The first-order chi connectivity index (χ1) is 17.9. The molecule has 0 saturated carbocycles. The fourth-order valence-electron chi connectivity index (χ4n) is 6.80. The molecule has 14 heteroatoms. The van der Waals surface area contributed by atoms with Crippen LogP contribution in [0.3, 0.4) is 0 Å². The normalized spacial score (nSPS) is 46.3. The summed E-state index contributed by atoms with van der Waals surface area (Å²) < 4.78 is 74.4. The topological polar surface area (TPSA) is 132 Å². The average molecular weight is 601 g/mol. The van der Waals surface area contributed by atoms with Gasteiger partial charge in [-0.15, -0.1) is 0 Å². The molecule has 40 heavy (non-hydrogen) atoms. The molecule has 6 aliphatic heterocycles. The summed E-state index contributed by atoms with van der Waals surface area (Å²) in [6, 6.07) is 0. The Hall–Kier alpha value is 0.790. The minimum absolute atomic E-state index is 0. The van der Waals surface area contributed by atoms with E-state index in [1.165, 1.54) is 0 Å². The van der Waals surface area contributed by atoms with E-state index in [0.717, 1.165) is 0 Å². The van der Waals surface area contributed by atoms with Crippen molar-refractivity contribution >= 4 is 7.37 Å². The molecule has 0 radical (unpaired) electrons. The van der Waals surface area contributed by atoms with Gasteiger partial charge in [0, 0.05) is 19.2 Å². The summed E-state index contributed by atoms with van der Waals surface area (Å²) in [6.45, 7) is 15.0. The minimum atomic E-state index is -4.07. The molecule has 0 aromatic carbocycles. The molecule has 12 nitrogen and oxygen atoms in total. The van der Waals surface area contributed by atoms with Gasteiger partial charge in [-0.2, -0.15) is 0 Å². The van der Waals surface area contributed by atoms with Crippen LogP contribution in [-0.2, 0) is 51.9 Å². The molecule has 6 rings (SSSR count). The Morgan fingerprint density at radius 1 is 0.600 bits per heavy atom. The number of fused-ring (bicyclic) bond motifs is 2. The number of hydrogen-bond acceptors (Lipinski definition) is 12. The Morgan fingerprint density at radius 2 is 0.975 bits per heavy atom. The second-order valence-corrected chi connectivity index (χ2v) is 15.7. The average Bonchev–Trinajstić information content (AvgIpc) is 3.57. The summed E-state index contributed by atoms with van der Waals surface area (Å²) in [7, 11) is -4.07. The van der Waals surface area contributed by atoms with Crippen molar-refractivity contribution in [1.29, 1.82) is 0 Å². The Kier molecular flexibility index (Phi) is 8.61. The van der Waals surface area contributed by atoms with E-state index >= 15 is 0 Å². The van der Waals surface area contributed by atoms with Crippen LogP contribution in [0, 0.1) is 11.8 Å². The van der Waals surface area contributed by atoms with Crippen LogP contribution in [0.2, 0.25) is 0 Å². The first-order valence-corrected chi connectivity index (χ1v) is 15.9. The molecule has 0 aromatic rings. The van der Waals surface area contributed by atoms with E-state index in [4.69, 9.17) is 47.4 Å². The maximum absolute atomic E-state index is 14.0. The molecule has 6 heterocycles. The SMILES string of the molecule is CC1(C)O[C@H]2O[C@H]([C@H]3COC(C)(C)O3)[C@@H](CP(=O)([O-])C[C@H]3[C@H]4OC(C)(C)O[C@H]4O[C@@H]3[C@H]3COC(C)(C)O3)[C@H]2O1.[Na+]. The zero-order chi connectivity index (χ0) is 28.2. The Bertz CT molecular complexity index is 932. The summed E-state index contributed by atoms with van der Waals surface area (Å²) in [5.74, 6) is -4.37. The van der Waals surface area contributed by atoms with Gasteiger partial charge >= 0.3 is 29.6 Å². The van der Waals surface area contributed by atoms with Crippen LogP contribution in [0.15, 0.2) is 0 Å². The molecule has 0 N–H and O–H groups in total. The van der Waals surface area contributed by atoms with Crippen LogP contribution < -0.4 is 34.5 Å². The molecule has 0 bridgehead atoms. The fraction of sp³-hybridized carbons (Fsp3) is 1.00. The van der Waals surface area contributed by atoms with Crippen LogP contribution in [0.4, 0.5) is 0 Å². The van der Waals surface area contributed by atoms with Gasteiger partial charge in [-0.25, -0.2) is 0 Å². The van der Waals surface area contributed by atoms with E-state index < -0.39 is 91.6 Å². The van der Waals surface area contributed by atoms with Crippen molar-refractivity contribution in [2.75, 3.05) is 25.5 Å². The van der Waals surface area contributed by atoms with Gasteiger partial charge in [0.15, 0.2) is 35.7 Å². The third-order valence-corrected chi connectivity index (χ3v) is 10.2. The van der Waals surface area contributed by atoms with Gasteiger partial charge < -0.3 is 56.8 Å². The molecule has 0 unspecified atom stereocenters. The predicted octanol–water partition coefficient (Wildman–Crippen LogP) is -1.08. The monoisotopic (exact) mass is 600 g/mol. The standard InChI is InChI=1S/C26H43O12P.Na/c1-23(2)29-9-15(33-23)17-13(19-21(31-17)37-25(5,6)35-19)11-39(27,28)12-14-18(16-10-30-24(3,4)34-16)32-22-20(14)36-26(7,8)38-22;/h13-22H,9-12H2,1-8H3,(H,27,28);/q;+1/p-1/t13-,14-,15-,16-,17+,18+,19-,20-,21-,22-;/m1./s1. The van der Waals surface area contributed by atoms with Gasteiger partial charge in [-0.1, -0.05) is 0 Å². The van der Waals surface area contributed by atoms with Crippen molar-refractivity contribution < 1.29 is 86.4 Å². The van der Waals surface area contributed by atoms with E-state index in [1.807, 2.05) is 27.7 Å². The molecule has 6 fully saturated rings. The van der Waals surface area contributed by atoms with Gasteiger partial charge in [0.25, 0.3) is 0 Å². The largest absolute Gasteiger partial charge is 1.00 e. The van der Waals surface area contributed by atoms with Gasteiger partial charge in [-0.05, 0) is 67.7 Å². The first-order valence-electron chi connectivity index (χ1n) is 13.9. The summed E-state index contributed by atoms with van der Waals surface area (Å²) in [6.07, 6.45) is -4.83. The number of hydrogen-bond donors (Lipinski definition) is 0. The Morgan fingerprint density at radius 3 is 1.30 bits per heavy atom. The van der Waals surface area contributed by atoms with E-state index in [9.17, 15) is 9.46 Å². The van der Waals surface area contributed by atoms with Crippen LogP contribution in [0.1, 0.15) is 55.4 Å². The third-order valence-electron chi connectivity index (χ3n) is 8.22. The quantitative estimate of drug-likeness (QED) is 0.271. The predicted molar refractivity (Wildman–Crippen MR) is 132 cm³/mol. The van der Waals surface area contributed by atoms with Crippen molar-refractivity contribution in [3.63, 3.8) is 0 Å². The second-order valence-electron chi connectivity index (χ2n) is 13.4. The van der Waals surface area contributed by atoms with Gasteiger partial charge in [0.2, 0.25) is 0 Å². The van der Waals surface area contributed by atoms with Crippen molar-refractivity contribution in [1.82, 2.24) is 0 Å². The molecule has 6 aliphatic rings. The summed E-state index contributed by atoms with van der Waals surface area (Å²) in [5.41, 5.74) is 0. The summed E-state index contributed by atoms with van der Waals surface area (Å²) in [5, 5.41) is 0. The van der Waals surface area contributed by atoms with E-state index in [0.29, 0.717) is 0 Å². The van der Waals surface area contributed by atoms with Crippen LogP contribution in [0.5, 0.6) is 0 Å². The summed E-state index contributed by atoms with van der Waals surface area (Å²) >= 11 is 0. The van der Waals surface area contributed by atoms with Gasteiger partial charge in [0.1, 0.15) is 24.4 Å².